The van der Waals surface area contributed by atoms with Gasteiger partial charge >= 0.3 is 0 Å². The highest BCUT2D eigenvalue weighted by molar-refractivity contribution is 5.81. The van der Waals surface area contributed by atoms with E-state index >= 15 is 0 Å². The molecule has 0 bridgehead atoms. The SMILES string of the molecule is CCN(CC)c1ccc(C=NNc2nc3c(=O)[nH]cnc3n2C2OC(CO)C(O)C2O)cc1. The molecule has 2 aromatic heterocycles. The summed E-state index contributed by atoms with van der Waals surface area (Å²) in [6, 6.07) is 7.87. The minimum atomic E-state index is -1.38. The minimum absolute atomic E-state index is 0.0107. The van der Waals surface area contributed by atoms with Gasteiger partial charge in [0, 0.05) is 18.8 Å². The van der Waals surface area contributed by atoms with Crippen molar-refractivity contribution in [3.63, 3.8) is 0 Å². The highest BCUT2D eigenvalue weighted by atomic mass is 16.6. The van der Waals surface area contributed by atoms with Crippen LogP contribution in [0.2, 0.25) is 0 Å². The highest BCUT2D eigenvalue weighted by Gasteiger charge is 2.45. The van der Waals surface area contributed by atoms with E-state index in [1.54, 1.807) is 6.21 Å². The molecule has 12 nitrogen and oxygen atoms in total. The van der Waals surface area contributed by atoms with E-state index in [1.165, 1.54) is 10.9 Å². The number of rotatable bonds is 8. The van der Waals surface area contributed by atoms with Crippen molar-refractivity contribution in [1.29, 1.82) is 0 Å². The quantitative estimate of drug-likeness (QED) is 0.232. The Morgan fingerprint density at radius 1 is 1.24 bits per heavy atom. The summed E-state index contributed by atoms with van der Waals surface area (Å²) in [6.07, 6.45) is -2.04. The number of imidazole rings is 1. The number of aliphatic hydroxyl groups is 3. The average molecular weight is 457 g/mol. The number of aliphatic hydroxyl groups excluding tert-OH is 3. The second-order valence-corrected chi connectivity index (χ2v) is 7.57. The monoisotopic (exact) mass is 457 g/mol. The molecule has 3 aromatic rings. The van der Waals surface area contributed by atoms with Crippen molar-refractivity contribution in [1.82, 2.24) is 19.5 Å². The lowest BCUT2D eigenvalue weighted by Crippen LogP contribution is -2.33. The van der Waals surface area contributed by atoms with Crippen LogP contribution in [0.3, 0.4) is 0 Å². The number of nitrogens with one attached hydrogen (secondary N) is 2. The summed E-state index contributed by atoms with van der Waals surface area (Å²) in [7, 11) is 0. The summed E-state index contributed by atoms with van der Waals surface area (Å²) in [6.45, 7) is 5.54. The molecule has 1 fully saturated rings. The Labute approximate surface area is 189 Å². The number of benzene rings is 1. The third-order valence-corrected chi connectivity index (χ3v) is 5.65. The summed E-state index contributed by atoms with van der Waals surface area (Å²) in [5, 5.41) is 34.3. The van der Waals surface area contributed by atoms with Gasteiger partial charge in [-0.25, -0.2) is 15.4 Å². The largest absolute Gasteiger partial charge is 0.394 e. The summed E-state index contributed by atoms with van der Waals surface area (Å²) in [5.41, 5.74) is 4.38. The Hall–Kier alpha value is -3.32. The van der Waals surface area contributed by atoms with Crippen LogP contribution in [0.4, 0.5) is 11.6 Å². The average Bonchev–Trinajstić information content (AvgIpc) is 3.33. The zero-order valence-corrected chi connectivity index (χ0v) is 18.3. The number of hydrazone groups is 1. The van der Waals surface area contributed by atoms with E-state index in [1.807, 2.05) is 24.3 Å². The van der Waals surface area contributed by atoms with Gasteiger partial charge in [-0.1, -0.05) is 12.1 Å². The van der Waals surface area contributed by atoms with Crippen LogP contribution in [-0.2, 0) is 4.74 Å². The third kappa shape index (κ3) is 4.33. The fourth-order valence-electron chi connectivity index (χ4n) is 3.86. The van der Waals surface area contributed by atoms with Crippen LogP contribution in [0.25, 0.3) is 11.2 Å². The fourth-order valence-corrected chi connectivity index (χ4v) is 3.86. The molecule has 1 aliphatic heterocycles. The second-order valence-electron chi connectivity index (χ2n) is 7.57. The van der Waals surface area contributed by atoms with Crippen LogP contribution in [0.15, 0.2) is 40.5 Å². The molecule has 176 valence electrons. The van der Waals surface area contributed by atoms with Gasteiger partial charge < -0.3 is 29.9 Å². The van der Waals surface area contributed by atoms with Gasteiger partial charge in [0.2, 0.25) is 5.95 Å². The Kier molecular flexibility index (Phi) is 6.70. The van der Waals surface area contributed by atoms with Crippen molar-refractivity contribution in [2.75, 3.05) is 30.0 Å². The molecule has 12 heteroatoms. The molecule has 4 rings (SSSR count). The molecule has 1 aromatic carbocycles. The maximum Gasteiger partial charge on any atom is 0.278 e. The Morgan fingerprint density at radius 2 is 1.97 bits per heavy atom. The van der Waals surface area contributed by atoms with E-state index in [-0.39, 0.29) is 17.1 Å². The van der Waals surface area contributed by atoms with Crippen LogP contribution in [0.5, 0.6) is 0 Å². The van der Waals surface area contributed by atoms with E-state index in [0.717, 1.165) is 24.3 Å². The van der Waals surface area contributed by atoms with E-state index in [4.69, 9.17) is 4.74 Å². The minimum Gasteiger partial charge on any atom is -0.394 e. The van der Waals surface area contributed by atoms with Crippen molar-refractivity contribution in [3.05, 3.63) is 46.5 Å². The summed E-state index contributed by atoms with van der Waals surface area (Å²) in [5.74, 6) is 0.0834. The molecule has 1 saturated heterocycles. The lowest BCUT2D eigenvalue weighted by atomic mass is 10.1. The molecule has 0 spiro atoms. The van der Waals surface area contributed by atoms with Crippen molar-refractivity contribution >= 4 is 29.0 Å². The lowest BCUT2D eigenvalue weighted by Gasteiger charge is -2.20. The van der Waals surface area contributed by atoms with Crippen LogP contribution in [0, 0.1) is 0 Å². The molecule has 3 heterocycles. The van der Waals surface area contributed by atoms with Crippen LogP contribution < -0.4 is 15.9 Å². The standard InChI is InChI=1S/C21H27N7O5/c1-3-27(4-2)13-7-5-12(6-8-13)9-24-26-21-25-15-18(22-11-23-19(15)32)28(21)20-17(31)16(30)14(10-29)33-20/h5-9,11,14,16-17,20,29-31H,3-4,10H2,1-2H3,(H,25,26)(H,22,23,32). The van der Waals surface area contributed by atoms with Crippen molar-refractivity contribution in [3.8, 4) is 0 Å². The molecule has 33 heavy (non-hydrogen) atoms. The topological polar surface area (TPSA) is 161 Å². The number of hydrogen-bond donors (Lipinski definition) is 5. The van der Waals surface area contributed by atoms with Gasteiger partial charge in [0.1, 0.15) is 18.3 Å². The predicted molar refractivity (Wildman–Crippen MR) is 122 cm³/mol. The van der Waals surface area contributed by atoms with Crippen LogP contribution in [-0.4, -0.2) is 79.1 Å². The molecule has 0 radical (unpaired) electrons. The van der Waals surface area contributed by atoms with Gasteiger partial charge in [0.15, 0.2) is 17.4 Å². The van der Waals surface area contributed by atoms with Crippen molar-refractivity contribution < 1.29 is 20.1 Å². The van der Waals surface area contributed by atoms with Gasteiger partial charge in [-0.3, -0.25) is 9.36 Å². The number of aromatic nitrogens is 4. The van der Waals surface area contributed by atoms with Crippen LogP contribution in [0.1, 0.15) is 25.6 Å². The maximum absolute atomic E-state index is 12.2. The van der Waals surface area contributed by atoms with Gasteiger partial charge in [-0.15, -0.1) is 0 Å². The number of fused-ring (bicyclic) bond motifs is 1. The first-order valence-corrected chi connectivity index (χ1v) is 10.7. The smallest absolute Gasteiger partial charge is 0.278 e. The van der Waals surface area contributed by atoms with E-state index < -0.39 is 36.7 Å². The van der Waals surface area contributed by atoms with Crippen molar-refractivity contribution in [2.45, 2.75) is 38.4 Å². The first-order chi connectivity index (χ1) is 16.0. The normalized spacial score (nSPS) is 22.9. The number of anilines is 2. The Bertz CT molecular complexity index is 1170. The number of H-pyrrole nitrogens is 1. The van der Waals surface area contributed by atoms with E-state index in [2.05, 4.69) is 44.2 Å². The van der Waals surface area contributed by atoms with E-state index in [9.17, 15) is 20.1 Å². The second kappa shape index (κ2) is 9.67. The molecule has 0 amide bonds. The Morgan fingerprint density at radius 3 is 2.61 bits per heavy atom. The predicted octanol–water partition coefficient (Wildman–Crippen LogP) is 0.0233. The van der Waals surface area contributed by atoms with E-state index in [0.29, 0.717) is 0 Å². The molecule has 4 unspecified atom stereocenters. The number of nitrogens with zero attached hydrogens (tertiary/aromatic N) is 5. The first-order valence-electron chi connectivity index (χ1n) is 10.7. The van der Waals surface area contributed by atoms with Gasteiger partial charge in [-0.2, -0.15) is 5.10 Å². The lowest BCUT2D eigenvalue weighted by molar-refractivity contribution is -0.0501. The Balaban J connectivity index is 1.62. The maximum atomic E-state index is 12.2. The summed E-state index contributed by atoms with van der Waals surface area (Å²) in [4.78, 5) is 25.3. The fraction of sp³-hybridized carbons (Fsp3) is 0.429. The molecule has 0 aliphatic carbocycles. The van der Waals surface area contributed by atoms with Gasteiger partial charge in [-0.05, 0) is 31.5 Å². The number of hydrogen-bond acceptors (Lipinski definition) is 10. The number of ether oxygens (including phenoxy) is 1. The van der Waals surface area contributed by atoms with Gasteiger partial charge in [0.05, 0.1) is 19.1 Å². The summed E-state index contributed by atoms with van der Waals surface area (Å²) >= 11 is 0. The van der Waals surface area contributed by atoms with Crippen LogP contribution >= 0.6 is 0 Å². The molecule has 0 saturated carbocycles. The number of aromatic amines is 1. The summed E-state index contributed by atoms with van der Waals surface area (Å²) < 4.78 is 6.96. The third-order valence-electron chi connectivity index (χ3n) is 5.65. The molecule has 5 N–H and O–H groups in total. The zero-order valence-electron chi connectivity index (χ0n) is 18.3. The van der Waals surface area contributed by atoms with Crippen molar-refractivity contribution in [2.24, 2.45) is 5.10 Å². The molecule has 4 atom stereocenters. The molecule has 1 aliphatic rings. The van der Waals surface area contributed by atoms with Gasteiger partial charge in [0.25, 0.3) is 5.56 Å². The highest BCUT2D eigenvalue weighted by Crippen LogP contribution is 2.33. The molecular formula is C21H27N7O5. The molecular weight excluding hydrogens is 430 g/mol. The first kappa shape index (κ1) is 22.9. The zero-order chi connectivity index (χ0) is 23.5.